The third-order valence-electron chi connectivity index (χ3n) is 12.3. The van der Waals surface area contributed by atoms with Crippen LogP contribution < -0.4 is 0 Å². The van der Waals surface area contributed by atoms with Gasteiger partial charge in [0.05, 0.1) is 41.7 Å². The summed E-state index contributed by atoms with van der Waals surface area (Å²) in [7, 11) is 0. The molecule has 8 N–H and O–H groups in total. The van der Waals surface area contributed by atoms with Crippen LogP contribution in [0, 0.1) is 28.6 Å². The second kappa shape index (κ2) is 11.1. The van der Waals surface area contributed by atoms with Gasteiger partial charge in [0.25, 0.3) is 0 Å². The molecule has 1 aliphatic heterocycles. The van der Waals surface area contributed by atoms with E-state index >= 15 is 0 Å². The van der Waals surface area contributed by atoms with Gasteiger partial charge in [-0.1, -0.05) is 13.8 Å². The van der Waals surface area contributed by atoms with Crippen molar-refractivity contribution in [3.05, 3.63) is 11.6 Å². The van der Waals surface area contributed by atoms with Gasteiger partial charge < -0.3 is 50.3 Å². The summed E-state index contributed by atoms with van der Waals surface area (Å²) < 4.78 is 11.3. The van der Waals surface area contributed by atoms with Gasteiger partial charge in [0.2, 0.25) is 0 Å². The average molecular weight is 613 g/mol. The summed E-state index contributed by atoms with van der Waals surface area (Å²) in [5.41, 5.74) is -4.73. The van der Waals surface area contributed by atoms with Gasteiger partial charge in [-0.25, -0.2) is 0 Å². The lowest BCUT2D eigenvalue weighted by atomic mass is 9.45. The van der Waals surface area contributed by atoms with E-state index in [1.165, 1.54) is 0 Å². The zero-order chi connectivity index (χ0) is 31.9. The van der Waals surface area contributed by atoms with Gasteiger partial charge in [0.1, 0.15) is 18.3 Å². The number of aliphatic hydroxyl groups is 8. The first kappa shape index (κ1) is 33.4. The van der Waals surface area contributed by atoms with Crippen molar-refractivity contribution in [2.45, 2.75) is 146 Å². The SMILES string of the molecule is CC(C)(O)CC[C@@H](O)[C@](C)(O)C1CC[C@@]2(O)C3=CC(=O)[C@@H]4C[C@@H](O[C@@H]5OC[C@@H](O)[C@H](O)[C@H]5O)[C@@H](O)C[C@]4(C)C3CC[C@]12C. The molecule has 3 saturated carbocycles. The maximum absolute atomic E-state index is 13.8. The first-order valence-electron chi connectivity index (χ1n) is 15.9. The first-order valence-corrected chi connectivity index (χ1v) is 15.9. The van der Waals surface area contributed by atoms with E-state index in [1.807, 2.05) is 13.8 Å². The van der Waals surface area contributed by atoms with E-state index < -0.39 is 82.4 Å². The van der Waals surface area contributed by atoms with Crippen LogP contribution in [-0.2, 0) is 14.3 Å². The van der Waals surface area contributed by atoms with Crippen LogP contribution >= 0.6 is 0 Å². The number of ketones is 1. The highest BCUT2D eigenvalue weighted by atomic mass is 16.7. The topological polar surface area (TPSA) is 197 Å². The Balaban J connectivity index is 1.38. The average Bonchev–Trinajstić information content (AvgIpc) is 3.20. The Bertz CT molecular complexity index is 1100. The zero-order valence-electron chi connectivity index (χ0n) is 26.0. The molecule has 0 radical (unpaired) electrons. The molecule has 0 spiro atoms. The van der Waals surface area contributed by atoms with E-state index in [4.69, 9.17) is 9.47 Å². The van der Waals surface area contributed by atoms with Crippen LogP contribution in [0.25, 0.3) is 0 Å². The number of fused-ring (bicyclic) bond motifs is 5. The minimum atomic E-state index is -1.52. The fraction of sp³-hybridized carbons (Fsp3) is 0.906. The molecule has 0 aromatic heterocycles. The summed E-state index contributed by atoms with van der Waals surface area (Å²) in [4.78, 5) is 13.8. The summed E-state index contributed by atoms with van der Waals surface area (Å²) in [5, 5.41) is 86.8. The van der Waals surface area contributed by atoms with Crippen molar-refractivity contribution in [2.24, 2.45) is 28.6 Å². The van der Waals surface area contributed by atoms with Crippen molar-refractivity contribution in [1.29, 1.82) is 0 Å². The molecule has 0 bridgehead atoms. The molecule has 2 unspecified atom stereocenters. The lowest BCUT2D eigenvalue weighted by Crippen LogP contribution is -2.63. The van der Waals surface area contributed by atoms with Crippen LogP contribution in [0.3, 0.4) is 0 Å². The molecule has 43 heavy (non-hydrogen) atoms. The van der Waals surface area contributed by atoms with Crippen molar-refractivity contribution in [3.63, 3.8) is 0 Å². The van der Waals surface area contributed by atoms with Crippen LogP contribution in [0.5, 0.6) is 0 Å². The van der Waals surface area contributed by atoms with E-state index in [1.54, 1.807) is 26.8 Å². The molecular weight excluding hydrogens is 560 g/mol. The number of hydrogen-bond acceptors (Lipinski definition) is 11. The molecule has 0 aromatic carbocycles. The first-order chi connectivity index (χ1) is 19.8. The van der Waals surface area contributed by atoms with Gasteiger partial charge in [-0.3, -0.25) is 4.79 Å². The summed E-state index contributed by atoms with van der Waals surface area (Å²) in [5.74, 6) is -1.33. The molecule has 11 nitrogen and oxygen atoms in total. The highest BCUT2D eigenvalue weighted by molar-refractivity contribution is 5.95. The Morgan fingerprint density at radius 3 is 2.35 bits per heavy atom. The number of aliphatic hydroxyl groups excluding tert-OH is 5. The number of allylic oxidation sites excluding steroid dienone is 1. The van der Waals surface area contributed by atoms with Crippen molar-refractivity contribution in [2.75, 3.05) is 6.61 Å². The van der Waals surface area contributed by atoms with Gasteiger partial charge in [0.15, 0.2) is 12.1 Å². The van der Waals surface area contributed by atoms with Crippen molar-refractivity contribution in [1.82, 2.24) is 0 Å². The maximum atomic E-state index is 13.8. The van der Waals surface area contributed by atoms with Crippen molar-refractivity contribution in [3.8, 4) is 0 Å². The number of ether oxygens (including phenoxy) is 2. The molecule has 246 valence electrons. The highest BCUT2D eigenvalue weighted by Gasteiger charge is 2.69. The van der Waals surface area contributed by atoms with Gasteiger partial charge in [0, 0.05) is 11.3 Å². The molecule has 5 aliphatic rings. The number of hydrogen-bond donors (Lipinski definition) is 8. The van der Waals surface area contributed by atoms with E-state index in [9.17, 15) is 45.6 Å². The van der Waals surface area contributed by atoms with Gasteiger partial charge in [-0.05, 0) is 101 Å². The molecule has 1 saturated heterocycles. The molecule has 4 aliphatic carbocycles. The maximum Gasteiger partial charge on any atom is 0.186 e. The summed E-state index contributed by atoms with van der Waals surface area (Å²) >= 11 is 0. The summed E-state index contributed by atoms with van der Waals surface area (Å²) in [6.45, 7) is 8.61. The van der Waals surface area contributed by atoms with Crippen LogP contribution in [0.2, 0.25) is 0 Å². The van der Waals surface area contributed by atoms with E-state index in [0.717, 1.165) is 0 Å². The Kier molecular flexibility index (Phi) is 8.59. The van der Waals surface area contributed by atoms with Gasteiger partial charge in [-0.15, -0.1) is 0 Å². The van der Waals surface area contributed by atoms with E-state index in [-0.39, 0.29) is 37.6 Å². The predicted molar refractivity (Wildman–Crippen MR) is 153 cm³/mol. The number of carbonyl (C=O) groups is 1. The van der Waals surface area contributed by atoms with E-state index in [2.05, 4.69) is 0 Å². The third kappa shape index (κ3) is 5.35. The third-order valence-corrected chi connectivity index (χ3v) is 12.3. The van der Waals surface area contributed by atoms with Crippen LogP contribution in [0.15, 0.2) is 11.6 Å². The number of carbonyl (C=O) groups excluding carboxylic acids is 1. The highest BCUT2D eigenvalue weighted by Crippen LogP contribution is 2.68. The molecule has 1 heterocycles. The molecular formula is C32H52O11. The molecule has 0 aromatic rings. The monoisotopic (exact) mass is 612 g/mol. The largest absolute Gasteiger partial charge is 0.390 e. The molecule has 0 amide bonds. The van der Waals surface area contributed by atoms with E-state index in [0.29, 0.717) is 37.7 Å². The fourth-order valence-electron chi connectivity index (χ4n) is 9.53. The van der Waals surface area contributed by atoms with Crippen molar-refractivity contribution < 1.29 is 55.1 Å². The van der Waals surface area contributed by atoms with Gasteiger partial charge in [-0.2, -0.15) is 0 Å². The normalized spacial score (nSPS) is 48.9. The molecule has 14 atom stereocenters. The minimum Gasteiger partial charge on any atom is -0.390 e. The Morgan fingerprint density at radius 2 is 1.70 bits per heavy atom. The summed E-state index contributed by atoms with van der Waals surface area (Å²) in [6, 6.07) is 0. The standard InChI is InChI=1S/C32H52O11/c1-28(2,39)9-8-24(36)31(5,40)23-7-11-32(41)17-12-19(33)18-13-22(43-27-26(38)25(37)21(35)15-42-27)20(34)14-29(18,3)16(17)6-10-30(23,32)4/h12,16,18,20-27,34-41H,6-11,13-15H2,1-5H3/t16?,18-,20-,21+,22+,23?,24+,25-,26+,27-,29+,30+,31+,32+/m0/s1. The van der Waals surface area contributed by atoms with Crippen LogP contribution in [0.1, 0.15) is 86.0 Å². The minimum absolute atomic E-state index is 0.169. The molecule has 4 fully saturated rings. The fourth-order valence-corrected chi connectivity index (χ4v) is 9.53. The quantitative estimate of drug-likeness (QED) is 0.197. The van der Waals surface area contributed by atoms with Crippen LogP contribution in [0.4, 0.5) is 0 Å². The zero-order valence-corrected chi connectivity index (χ0v) is 26.0. The lowest BCUT2D eigenvalue weighted by molar-refractivity contribution is -0.297. The Morgan fingerprint density at radius 1 is 1.02 bits per heavy atom. The second-order valence-electron chi connectivity index (χ2n) is 15.5. The summed E-state index contributed by atoms with van der Waals surface area (Å²) in [6.07, 6.45) is -3.99. The lowest BCUT2D eigenvalue weighted by Gasteiger charge is -2.61. The number of rotatable bonds is 7. The Labute approximate surface area is 253 Å². The van der Waals surface area contributed by atoms with Crippen molar-refractivity contribution >= 4 is 5.78 Å². The predicted octanol–water partition coefficient (Wildman–Crippen LogP) is 0.317. The molecule has 11 heteroatoms. The second-order valence-corrected chi connectivity index (χ2v) is 15.5. The Hall–Kier alpha value is -0.990. The molecule has 5 rings (SSSR count). The smallest absolute Gasteiger partial charge is 0.186 e. The van der Waals surface area contributed by atoms with Gasteiger partial charge >= 0.3 is 0 Å². The van der Waals surface area contributed by atoms with Crippen LogP contribution in [-0.4, -0.2) is 113 Å².